The van der Waals surface area contributed by atoms with Gasteiger partial charge in [-0.05, 0) is 56.7 Å². The van der Waals surface area contributed by atoms with Crippen LogP contribution in [0.15, 0.2) is 42.5 Å². The van der Waals surface area contributed by atoms with Crippen molar-refractivity contribution in [1.29, 1.82) is 0 Å². The Labute approximate surface area is 156 Å². The lowest BCUT2D eigenvalue weighted by Gasteiger charge is -2.08. The average molecular weight is 372 g/mol. The van der Waals surface area contributed by atoms with Crippen molar-refractivity contribution in [2.45, 2.75) is 27.2 Å². The second-order valence-electron chi connectivity index (χ2n) is 6.23. The lowest BCUT2D eigenvalue weighted by atomic mass is 10.1. The first-order valence-corrected chi connectivity index (χ1v) is 8.60. The first kappa shape index (κ1) is 18.1. The van der Waals surface area contributed by atoms with E-state index in [1.54, 1.807) is 16.8 Å². The summed E-state index contributed by atoms with van der Waals surface area (Å²) in [6.07, 6.45) is 0.160. The molecule has 0 atom stereocenters. The number of carbonyl (C=O) groups excluding carboxylic acids is 1. The lowest BCUT2D eigenvalue weighted by molar-refractivity contribution is -0.115. The van der Waals surface area contributed by atoms with Gasteiger partial charge in [-0.1, -0.05) is 23.7 Å². The molecule has 0 radical (unpaired) electrons. The van der Waals surface area contributed by atoms with Crippen LogP contribution < -0.4 is 5.32 Å². The molecule has 0 aliphatic heterocycles. The van der Waals surface area contributed by atoms with Crippen LogP contribution in [0.3, 0.4) is 0 Å². The number of hydrogen-bond acceptors (Lipinski definition) is 2. The third-order valence-electron chi connectivity index (χ3n) is 4.29. The van der Waals surface area contributed by atoms with Gasteiger partial charge in [0, 0.05) is 22.0 Å². The molecule has 134 valence electrons. The number of aryl methyl sites for hydroxylation is 2. The van der Waals surface area contributed by atoms with E-state index in [1.165, 1.54) is 12.1 Å². The quantitative estimate of drug-likeness (QED) is 0.718. The van der Waals surface area contributed by atoms with Crippen molar-refractivity contribution in [2.75, 3.05) is 5.32 Å². The molecule has 3 aromatic rings. The highest BCUT2D eigenvalue weighted by atomic mass is 35.5. The molecule has 26 heavy (non-hydrogen) atoms. The molecule has 6 heteroatoms. The van der Waals surface area contributed by atoms with Gasteiger partial charge in [0.15, 0.2) is 0 Å². The largest absolute Gasteiger partial charge is 0.326 e. The van der Waals surface area contributed by atoms with Crippen molar-refractivity contribution in [3.63, 3.8) is 0 Å². The van der Waals surface area contributed by atoms with Crippen LogP contribution >= 0.6 is 11.6 Å². The topological polar surface area (TPSA) is 46.9 Å². The van der Waals surface area contributed by atoms with Crippen molar-refractivity contribution in [3.8, 4) is 5.69 Å². The minimum absolute atomic E-state index is 0.160. The van der Waals surface area contributed by atoms with Gasteiger partial charge in [-0.3, -0.25) is 4.79 Å². The minimum Gasteiger partial charge on any atom is -0.326 e. The number of anilines is 1. The zero-order valence-electron chi connectivity index (χ0n) is 14.8. The lowest BCUT2D eigenvalue weighted by Crippen LogP contribution is -2.15. The Morgan fingerprint density at radius 3 is 2.65 bits per heavy atom. The summed E-state index contributed by atoms with van der Waals surface area (Å²) in [4.78, 5) is 12.4. The van der Waals surface area contributed by atoms with Crippen LogP contribution in [0, 0.1) is 26.6 Å². The maximum absolute atomic E-state index is 13.2. The highest BCUT2D eigenvalue weighted by molar-refractivity contribution is 6.31. The van der Waals surface area contributed by atoms with Crippen LogP contribution in [0.5, 0.6) is 0 Å². The van der Waals surface area contributed by atoms with E-state index in [-0.39, 0.29) is 18.1 Å². The van der Waals surface area contributed by atoms with Crippen molar-refractivity contribution in [1.82, 2.24) is 9.78 Å². The molecule has 0 aliphatic rings. The van der Waals surface area contributed by atoms with Crippen LogP contribution in [-0.4, -0.2) is 15.7 Å². The highest BCUT2D eigenvalue weighted by Crippen LogP contribution is 2.23. The van der Waals surface area contributed by atoms with Crippen LogP contribution in [0.25, 0.3) is 5.69 Å². The van der Waals surface area contributed by atoms with Gasteiger partial charge < -0.3 is 5.32 Å². The molecule has 3 rings (SSSR count). The summed E-state index contributed by atoms with van der Waals surface area (Å²) in [5, 5.41) is 7.92. The fourth-order valence-electron chi connectivity index (χ4n) is 2.83. The van der Waals surface area contributed by atoms with Crippen molar-refractivity contribution < 1.29 is 9.18 Å². The van der Waals surface area contributed by atoms with Gasteiger partial charge in [-0.15, -0.1) is 0 Å². The summed E-state index contributed by atoms with van der Waals surface area (Å²) in [6, 6.07) is 11.6. The molecule has 0 spiro atoms. The Balaban J connectivity index is 1.83. The van der Waals surface area contributed by atoms with Gasteiger partial charge in [-0.2, -0.15) is 5.10 Å². The van der Waals surface area contributed by atoms with Gasteiger partial charge in [0.1, 0.15) is 5.82 Å². The normalized spacial score (nSPS) is 10.8. The third kappa shape index (κ3) is 3.78. The van der Waals surface area contributed by atoms with Gasteiger partial charge in [0.05, 0.1) is 17.8 Å². The molecule has 1 aromatic heterocycles. The van der Waals surface area contributed by atoms with Gasteiger partial charge in [-0.25, -0.2) is 9.07 Å². The SMILES string of the molecule is Cc1ccc(-n2nc(C)c(CC(=O)Nc3cccc(F)c3)c2C)cc1Cl. The molecule has 0 bridgehead atoms. The molecule has 1 amide bonds. The Bertz CT molecular complexity index is 981. The fraction of sp³-hybridized carbons (Fsp3) is 0.200. The standard InChI is InChI=1S/C20H19ClFN3O/c1-12-7-8-17(10-19(12)21)25-14(3)18(13(2)24-25)11-20(26)23-16-6-4-5-15(22)9-16/h4-10H,11H2,1-3H3,(H,23,26). The van der Waals surface area contributed by atoms with Crippen molar-refractivity contribution >= 4 is 23.2 Å². The molecule has 0 unspecified atom stereocenters. The molecule has 4 nitrogen and oxygen atoms in total. The van der Waals surface area contributed by atoms with Crippen LogP contribution in [0.4, 0.5) is 10.1 Å². The predicted molar refractivity (Wildman–Crippen MR) is 102 cm³/mol. The second kappa shape index (κ2) is 7.30. The number of carbonyl (C=O) groups is 1. The number of halogens is 2. The highest BCUT2D eigenvalue weighted by Gasteiger charge is 2.16. The Hall–Kier alpha value is -2.66. The summed E-state index contributed by atoms with van der Waals surface area (Å²) in [5.74, 6) is -0.609. The van der Waals surface area contributed by atoms with E-state index < -0.39 is 0 Å². The van der Waals surface area contributed by atoms with Crippen molar-refractivity contribution in [2.24, 2.45) is 0 Å². The number of amides is 1. The number of nitrogens with one attached hydrogen (secondary N) is 1. The predicted octanol–water partition coefficient (Wildman–Crippen LogP) is 4.77. The van der Waals surface area contributed by atoms with E-state index in [1.807, 2.05) is 39.0 Å². The van der Waals surface area contributed by atoms with Crippen LogP contribution in [0.1, 0.15) is 22.5 Å². The molecule has 0 fully saturated rings. The fourth-order valence-corrected chi connectivity index (χ4v) is 3.00. The molecule has 1 heterocycles. The maximum atomic E-state index is 13.2. The van der Waals surface area contributed by atoms with Gasteiger partial charge in [0.2, 0.25) is 5.91 Å². The smallest absolute Gasteiger partial charge is 0.228 e. The van der Waals surface area contributed by atoms with Crippen LogP contribution in [-0.2, 0) is 11.2 Å². The van der Waals surface area contributed by atoms with Crippen molar-refractivity contribution in [3.05, 3.63) is 75.8 Å². The second-order valence-corrected chi connectivity index (χ2v) is 6.64. The number of rotatable bonds is 4. The summed E-state index contributed by atoms with van der Waals surface area (Å²) in [6.45, 7) is 5.72. The minimum atomic E-state index is -0.390. The molecular weight excluding hydrogens is 353 g/mol. The summed E-state index contributed by atoms with van der Waals surface area (Å²) in [7, 11) is 0. The number of aromatic nitrogens is 2. The van der Waals surface area contributed by atoms with E-state index in [9.17, 15) is 9.18 Å². The van der Waals surface area contributed by atoms with E-state index in [0.29, 0.717) is 10.7 Å². The molecule has 2 aromatic carbocycles. The zero-order valence-corrected chi connectivity index (χ0v) is 15.6. The summed E-state index contributed by atoms with van der Waals surface area (Å²) in [5.41, 5.74) is 4.76. The Kier molecular flexibility index (Phi) is 5.09. The average Bonchev–Trinajstić information content (AvgIpc) is 2.85. The number of nitrogens with zero attached hydrogens (tertiary/aromatic N) is 2. The van der Waals surface area contributed by atoms with E-state index in [0.717, 1.165) is 28.2 Å². The monoisotopic (exact) mass is 371 g/mol. The summed E-state index contributed by atoms with van der Waals surface area (Å²) >= 11 is 6.21. The third-order valence-corrected chi connectivity index (χ3v) is 4.69. The van der Waals surface area contributed by atoms with E-state index in [4.69, 9.17) is 11.6 Å². The molecule has 1 N–H and O–H groups in total. The maximum Gasteiger partial charge on any atom is 0.228 e. The molecule has 0 aliphatic carbocycles. The Morgan fingerprint density at radius 2 is 1.96 bits per heavy atom. The number of hydrogen-bond donors (Lipinski definition) is 1. The Morgan fingerprint density at radius 1 is 1.19 bits per heavy atom. The van der Waals surface area contributed by atoms with Gasteiger partial charge in [0.25, 0.3) is 0 Å². The first-order valence-electron chi connectivity index (χ1n) is 8.22. The van der Waals surface area contributed by atoms with E-state index in [2.05, 4.69) is 10.4 Å². The van der Waals surface area contributed by atoms with Crippen LogP contribution in [0.2, 0.25) is 5.02 Å². The molecular formula is C20H19ClFN3O. The summed E-state index contributed by atoms with van der Waals surface area (Å²) < 4.78 is 15.0. The first-order chi connectivity index (χ1) is 12.3. The molecule has 0 saturated carbocycles. The van der Waals surface area contributed by atoms with Gasteiger partial charge >= 0.3 is 0 Å². The van der Waals surface area contributed by atoms with E-state index >= 15 is 0 Å². The number of benzene rings is 2. The zero-order chi connectivity index (χ0) is 18.8. The molecule has 0 saturated heterocycles.